The summed E-state index contributed by atoms with van der Waals surface area (Å²) in [6.07, 6.45) is 2.63. The van der Waals surface area contributed by atoms with Crippen molar-refractivity contribution in [2.24, 2.45) is 5.92 Å². The fourth-order valence-electron chi connectivity index (χ4n) is 3.57. The van der Waals surface area contributed by atoms with Gasteiger partial charge in [-0.1, -0.05) is 32.0 Å². The minimum atomic E-state index is -0.0995. The van der Waals surface area contributed by atoms with Gasteiger partial charge in [0, 0.05) is 17.8 Å². The molecule has 0 spiro atoms. The van der Waals surface area contributed by atoms with Crippen molar-refractivity contribution in [2.45, 2.75) is 39.2 Å². The lowest BCUT2D eigenvalue weighted by Crippen LogP contribution is -2.31. The zero-order chi connectivity index (χ0) is 18.7. The Morgan fingerprint density at radius 1 is 1.35 bits per heavy atom. The second-order valence-electron chi connectivity index (χ2n) is 7.10. The number of hydrogen-bond acceptors (Lipinski definition) is 5. The number of benzene rings is 1. The van der Waals surface area contributed by atoms with Crippen LogP contribution in [0.25, 0.3) is 0 Å². The lowest BCUT2D eigenvalue weighted by Gasteiger charge is -2.26. The molecule has 6 heteroatoms. The van der Waals surface area contributed by atoms with Gasteiger partial charge in [0.25, 0.3) is 5.91 Å². The Bertz CT molecular complexity index is 791. The maximum absolute atomic E-state index is 13.2. The maximum Gasteiger partial charge on any atom is 0.273 e. The number of nitrogens with zero attached hydrogens (tertiary/aromatic N) is 3. The quantitative estimate of drug-likeness (QED) is 0.891. The molecule has 1 aromatic carbocycles. The lowest BCUT2D eigenvalue weighted by molar-refractivity contribution is 0.0728. The molecule has 1 fully saturated rings. The van der Waals surface area contributed by atoms with E-state index in [0.717, 1.165) is 36.3 Å². The van der Waals surface area contributed by atoms with Crippen molar-refractivity contribution in [1.29, 1.82) is 0 Å². The second kappa shape index (κ2) is 7.72. The summed E-state index contributed by atoms with van der Waals surface area (Å²) in [5, 5.41) is 0. The largest absolute Gasteiger partial charge is 0.496 e. The predicted molar refractivity (Wildman–Crippen MR) is 101 cm³/mol. The Balaban J connectivity index is 1.90. The summed E-state index contributed by atoms with van der Waals surface area (Å²) < 4.78 is 5.49. The third kappa shape index (κ3) is 3.79. The van der Waals surface area contributed by atoms with E-state index < -0.39 is 0 Å². The van der Waals surface area contributed by atoms with E-state index in [0.29, 0.717) is 18.2 Å². The molecule has 3 rings (SSSR count). The molecular formula is C20H26N4O2. The highest BCUT2D eigenvalue weighted by Gasteiger charge is 2.33. The summed E-state index contributed by atoms with van der Waals surface area (Å²) in [5.41, 5.74) is 8.06. The van der Waals surface area contributed by atoms with Gasteiger partial charge in [-0.3, -0.25) is 4.79 Å². The number of nitrogen functional groups attached to an aromatic ring is 1. The molecule has 1 amide bonds. The molecular weight excluding hydrogens is 328 g/mol. The fourth-order valence-corrected chi connectivity index (χ4v) is 3.57. The Morgan fingerprint density at radius 2 is 2.12 bits per heavy atom. The van der Waals surface area contributed by atoms with Gasteiger partial charge >= 0.3 is 0 Å². The van der Waals surface area contributed by atoms with Crippen LogP contribution in [-0.4, -0.2) is 34.4 Å². The summed E-state index contributed by atoms with van der Waals surface area (Å²) in [4.78, 5) is 23.5. The van der Waals surface area contributed by atoms with Crippen molar-refractivity contribution in [2.75, 3.05) is 19.4 Å². The molecule has 1 aliphatic heterocycles. The number of carbonyl (C=O) groups is 1. The van der Waals surface area contributed by atoms with Gasteiger partial charge in [0.05, 0.1) is 13.2 Å². The summed E-state index contributed by atoms with van der Waals surface area (Å²) >= 11 is 0. The van der Waals surface area contributed by atoms with Gasteiger partial charge in [0.2, 0.25) is 5.95 Å². The first-order chi connectivity index (χ1) is 12.5. The molecule has 0 aliphatic carbocycles. The van der Waals surface area contributed by atoms with Crippen molar-refractivity contribution >= 4 is 11.9 Å². The van der Waals surface area contributed by atoms with Crippen LogP contribution in [0.15, 0.2) is 30.3 Å². The van der Waals surface area contributed by atoms with Crippen molar-refractivity contribution < 1.29 is 9.53 Å². The van der Waals surface area contributed by atoms with Gasteiger partial charge in [-0.25, -0.2) is 9.97 Å². The Kier molecular flexibility index (Phi) is 5.40. The number of nitrogens with two attached hydrogens (primary N) is 1. The van der Waals surface area contributed by atoms with Crippen LogP contribution in [0, 0.1) is 5.92 Å². The zero-order valence-electron chi connectivity index (χ0n) is 15.6. The fraction of sp³-hybridized carbons (Fsp3) is 0.450. The molecule has 0 radical (unpaired) electrons. The van der Waals surface area contributed by atoms with E-state index in [-0.39, 0.29) is 17.9 Å². The number of amides is 1. The van der Waals surface area contributed by atoms with E-state index in [1.807, 2.05) is 29.2 Å². The molecule has 1 atom stereocenters. The highest BCUT2D eigenvalue weighted by atomic mass is 16.5. The van der Waals surface area contributed by atoms with E-state index in [2.05, 4.69) is 23.8 Å². The van der Waals surface area contributed by atoms with E-state index in [1.165, 1.54) is 0 Å². The van der Waals surface area contributed by atoms with Crippen LogP contribution >= 0.6 is 0 Å². The number of anilines is 1. The van der Waals surface area contributed by atoms with Gasteiger partial charge < -0.3 is 15.4 Å². The number of carbonyl (C=O) groups excluding carboxylic acids is 1. The SMILES string of the molecule is COc1ccccc1C1CCCN1C(=O)c1cc(CC(C)C)nc(N)n1. The topological polar surface area (TPSA) is 81.3 Å². The molecule has 2 heterocycles. The molecule has 0 bridgehead atoms. The molecule has 2 N–H and O–H groups in total. The van der Waals surface area contributed by atoms with Gasteiger partial charge in [-0.15, -0.1) is 0 Å². The van der Waals surface area contributed by atoms with Gasteiger partial charge in [-0.2, -0.15) is 0 Å². The summed E-state index contributed by atoms with van der Waals surface area (Å²) in [6, 6.07) is 9.63. The third-order valence-corrected chi connectivity index (χ3v) is 4.64. The van der Waals surface area contributed by atoms with Crippen LogP contribution in [0.4, 0.5) is 5.95 Å². The molecule has 1 aliphatic rings. The number of methoxy groups -OCH3 is 1. The molecule has 26 heavy (non-hydrogen) atoms. The first-order valence-corrected chi connectivity index (χ1v) is 9.07. The minimum Gasteiger partial charge on any atom is -0.496 e. The molecule has 1 unspecified atom stereocenters. The number of likely N-dealkylation sites (tertiary alicyclic amines) is 1. The number of aromatic nitrogens is 2. The van der Waals surface area contributed by atoms with Crippen LogP contribution < -0.4 is 10.5 Å². The first-order valence-electron chi connectivity index (χ1n) is 9.07. The van der Waals surface area contributed by atoms with E-state index in [9.17, 15) is 4.79 Å². The Hall–Kier alpha value is -2.63. The normalized spacial score (nSPS) is 16.9. The monoisotopic (exact) mass is 354 g/mol. The van der Waals surface area contributed by atoms with E-state index >= 15 is 0 Å². The van der Waals surface area contributed by atoms with Crippen LogP contribution in [-0.2, 0) is 6.42 Å². The number of hydrogen-bond donors (Lipinski definition) is 1. The number of rotatable bonds is 5. The van der Waals surface area contributed by atoms with Gasteiger partial charge in [0.15, 0.2) is 0 Å². The van der Waals surface area contributed by atoms with Crippen LogP contribution in [0.5, 0.6) is 5.75 Å². The van der Waals surface area contributed by atoms with Gasteiger partial charge in [-0.05, 0) is 37.3 Å². The highest BCUT2D eigenvalue weighted by Crippen LogP contribution is 2.37. The zero-order valence-corrected chi connectivity index (χ0v) is 15.6. The summed E-state index contributed by atoms with van der Waals surface area (Å²) in [5.74, 6) is 1.29. The molecule has 1 aromatic heterocycles. The average molecular weight is 354 g/mol. The molecule has 2 aromatic rings. The average Bonchev–Trinajstić information content (AvgIpc) is 3.09. The van der Waals surface area contributed by atoms with E-state index in [1.54, 1.807) is 13.2 Å². The first kappa shape index (κ1) is 18.2. The van der Waals surface area contributed by atoms with Crippen molar-refractivity contribution in [3.8, 4) is 5.75 Å². The minimum absolute atomic E-state index is 0.0108. The van der Waals surface area contributed by atoms with E-state index in [4.69, 9.17) is 10.5 Å². The Morgan fingerprint density at radius 3 is 2.85 bits per heavy atom. The van der Waals surface area contributed by atoms with Crippen molar-refractivity contribution in [3.63, 3.8) is 0 Å². The van der Waals surface area contributed by atoms with Crippen molar-refractivity contribution in [1.82, 2.24) is 14.9 Å². The third-order valence-electron chi connectivity index (χ3n) is 4.64. The predicted octanol–water partition coefficient (Wildman–Crippen LogP) is 3.24. The highest BCUT2D eigenvalue weighted by molar-refractivity contribution is 5.93. The van der Waals surface area contributed by atoms with Crippen molar-refractivity contribution in [3.05, 3.63) is 47.3 Å². The second-order valence-corrected chi connectivity index (χ2v) is 7.10. The molecule has 6 nitrogen and oxygen atoms in total. The molecule has 138 valence electrons. The van der Waals surface area contributed by atoms with Crippen LogP contribution in [0.1, 0.15) is 54.5 Å². The molecule has 0 saturated carbocycles. The summed E-state index contributed by atoms with van der Waals surface area (Å²) in [7, 11) is 1.66. The van der Waals surface area contributed by atoms with Gasteiger partial charge in [0.1, 0.15) is 11.4 Å². The van der Waals surface area contributed by atoms with Crippen LogP contribution in [0.3, 0.4) is 0 Å². The summed E-state index contributed by atoms with van der Waals surface area (Å²) in [6.45, 7) is 4.92. The Labute approximate surface area is 154 Å². The maximum atomic E-state index is 13.2. The number of ether oxygens (including phenoxy) is 1. The lowest BCUT2D eigenvalue weighted by atomic mass is 10.0. The number of para-hydroxylation sites is 1. The smallest absolute Gasteiger partial charge is 0.273 e. The standard InChI is InChI=1S/C20H26N4O2/c1-13(2)11-14-12-16(23-20(21)22-14)19(25)24-10-6-8-17(24)15-7-4-5-9-18(15)26-3/h4-5,7,9,12-13,17H,6,8,10-11H2,1-3H3,(H2,21,22,23). The molecule has 1 saturated heterocycles. The van der Waals surface area contributed by atoms with Crippen LogP contribution in [0.2, 0.25) is 0 Å².